The van der Waals surface area contributed by atoms with E-state index in [2.05, 4.69) is 14.9 Å². The number of carbonyl (C=O) groups excluding carboxylic acids is 2. The van der Waals surface area contributed by atoms with Crippen molar-refractivity contribution in [2.75, 3.05) is 39.3 Å². The summed E-state index contributed by atoms with van der Waals surface area (Å²) >= 11 is 0. The van der Waals surface area contributed by atoms with Crippen molar-refractivity contribution < 1.29 is 18.0 Å². The SMILES string of the molecule is CCNC(=O)CN1CCCN(C(=O)/C=C/c2ccc(S(=O)(=O)NC3CC3)cc2)CC1. The van der Waals surface area contributed by atoms with E-state index in [0.717, 1.165) is 31.4 Å². The Morgan fingerprint density at radius 3 is 2.50 bits per heavy atom. The first kappa shape index (κ1) is 22.5. The Morgan fingerprint density at radius 1 is 1.10 bits per heavy atom. The predicted octanol–water partition coefficient (Wildman–Crippen LogP) is 0.811. The molecule has 1 saturated heterocycles. The van der Waals surface area contributed by atoms with Gasteiger partial charge in [-0.25, -0.2) is 13.1 Å². The number of carbonyl (C=O) groups is 2. The van der Waals surface area contributed by atoms with Crippen molar-refractivity contribution in [3.8, 4) is 0 Å². The second kappa shape index (κ2) is 10.2. The Bertz CT molecular complexity index is 879. The highest BCUT2D eigenvalue weighted by Gasteiger charge is 2.27. The van der Waals surface area contributed by atoms with Crippen molar-refractivity contribution in [3.63, 3.8) is 0 Å². The maximum absolute atomic E-state index is 12.5. The molecular weight excluding hydrogens is 404 g/mol. The summed E-state index contributed by atoms with van der Waals surface area (Å²) in [4.78, 5) is 28.4. The van der Waals surface area contributed by atoms with Crippen molar-refractivity contribution in [2.24, 2.45) is 0 Å². The number of likely N-dealkylation sites (N-methyl/N-ethyl adjacent to an activating group) is 1. The zero-order valence-electron chi connectivity index (χ0n) is 17.3. The van der Waals surface area contributed by atoms with E-state index in [0.29, 0.717) is 32.7 Å². The van der Waals surface area contributed by atoms with E-state index in [1.54, 1.807) is 35.2 Å². The molecule has 1 saturated carbocycles. The molecule has 2 amide bonds. The molecule has 1 aromatic rings. The first-order valence-corrected chi connectivity index (χ1v) is 11.9. The third-order valence-corrected chi connectivity index (χ3v) is 6.69. The molecule has 1 aliphatic carbocycles. The molecule has 1 heterocycles. The summed E-state index contributed by atoms with van der Waals surface area (Å²) in [5.41, 5.74) is 0.765. The monoisotopic (exact) mass is 434 g/mol. The molecule has 164 valence electrons. The Morgan fingerprint density at radius 2 is 1.83 bits per heavy atom. The van der Waals surface area contributed by atoms with E-state index >= 15 is 0 Å². The third-order valence-electron chi connectivity index (χ3n) is 5.15. The second-order valence-corrected chi connectivity index (χ2v) is 9.42. The topological polar surface area (TPSA) is 98.8 Å². The molecule has 0 aromatic heterocycles. The molecule has 8 nitrogen and oxygen atoms in total. The summed E-state index contributed by atoms with van der Waals surface area (Å²) < 4.78 is 27.1. The van der Waals surface area contributed by atoms with Crippen molar-refractivity contribution in [1.29, 1.82) is 0 Å². The standard InChI is InChI=1S/C21H30N4O4S/c1-2-22-20(26)16-24-12-3-13-25(15-14-24)21(27)11-6-17-4-9-19(10-5-17)30(28,29)23-18-7-8-18/h4-6,9-11,18,23H,2-3,7-8,12-16H2,1H3,(H,22,26)/b11-6+. The number of hydrogen-bond acceptors (Lipinski definition) is 5. The van der Waals surface area contributed by atoms with Crippen molar-refractivity contribution in [2.45, 2.75) is 37.1 Å². The molecule has 0 spiro atoms. The zero-order valence-corrected chi connectivity index (χ0v) is 18.2. The largest absolute Gasteiger partial charge is 0.355 e. The summed E-state index contributed by atoms with van der Waals surface area (Å²) in [5, 5.41) is 2.80. The van der Waals surface area contributed by atoms with Crippen LogP contribution in [-0.4, -0.2) is 75.3 Å². The minimum absolute atomic E-state index is 0.00923. The molecule has 3 rings (SSSR count). The molecular formula is C21H30N4O4S. The van der Waals surface area contributed by atoms with Crippen LogP contribution in [0, 0.1) is 0 Å². The van der Waals surface area contributed by atoms with Crippen LogP contribution in [0.4, 0.5) is 0 Å². The minimum atomic E-state index is -3.47. The van der Waals surface area contributed by atoms with Gasteiger partial charge in [-0.1, -0.05) is 12.1 Å². The molecule has 1 aliphatic heterocycles. The van der Waals surface area contributed by atoms with Crippen molar-refractivity contribution in [1.82, 2.24) is 19.8 Å². The van der Waals surface area contributed by atoms with Gasteiger partial charge in [-0.15, -0.1) is 0 Å². The zero-order chi connectivity index (χ0) is 21.6. The van der Waals surface area contributed by atoms with Crippen molar-refractivity contribution in [3.05, 3.63) is 35.9 Å². The molecule has 9 heteroatoms. The minimum Gasteiger partial charge on any atom is -0.355 e. The molecule has 1 aromatic carbocycles. The molecule has 2 N–H and O–H groups in total. The summed E-state index contributed by atoms with van der Waals surface area (Å²) in [6.45, 7) is 5.55. The highest BCUT2D eigenvalue weighted by atomic mass is 32.2. The molecule has 0 atom stereocenters. The van der Waals surface area contributed by atoms with E-state index in [4.69, 9.17) is 0 Å². The van der Waals surface area contributed by atoms with Gasteiger partial charge in [-0.2, -0.15) is 0 Å². The van der Waals surface area contributed by atoms with Crippen LogP contribution < -0.4 is 10.0 Å². The van der Waals surface area contributed by atoms with Crippen LogP contribution in [0.3, 0.4) is 0 Å². The lowest BCUT2D eigenvalue weighted by molar-refractivity contribution is -0.125. The molecule has 0 radical (unpaired) electrons. The first-order valence-electron chi connectivity index (χ1n) is 10.5. The summed E-state index contributed by atoms with van der Waals surface area (Å²) in [6, 6.07) is 6.57. The highest BCUT2D eigenvalue weighted by molar-refractivity contribution is 7.89. The third kappa shape index (κ3) is 6.65. The van der Waals surface area contributed by atoms with Gasteiger partial charge in [-0.05, 0) is 50.0 Å². The van der Waals surface area contributed by atoms with E-state index in [9.17, 15) is 18.0 Å². The summed E-state index contributed by atoms with van der Waals surface area (Å²) in [7, 11) is -3.47. The number of nitrogens with one attached hydrogen (secondary N) is 2. The predicted molar refractivity (Wildman–Crippen MR) is 115 cm³/mol. The lowest BCUT2D eigenvalue weighted by Crippen LogP contribution is -2.39. The summed E-state index contributed by atoms with van der Waals surface area (Å²) in [5.74, 6) is -0.0723. The van der Waals surface area contributed by atoms with Crippen LogP contribution in [0.5, 0.6) is 0 Å². The maximum Gasteiger partial charge on any atom is 0.246 e. The normalized spacial score (nSPS) is 18.4. The van der Waals surface area contributed by atoms with E-state index in [1.165, 1.54) is 6.08 Å². The molecule has 30 heavy (non-hydrogen) atoms. The number of hydrogen-bond donors (Lipinski definition) is 2. The quantitative estimate of drug-likeness (QED) is 0.590. The van der Waals surface area contributed by atoms with Crippen LogP contribution in [0.15, 0.2) is 35.2 Å². The van der Waals surface area contributed by atoms with Crippen molar-refractivity contribution >= 4 is 27.9 Å². The second-order valence-electron chi connectivity index (χ2n) is 7.71. The van der Waals surface area contributed by atoms with Gasteiger partial charge in [-0.3, -0.25) is 14.5 Å². The average molecular weight is 435 g/mol. The fourth-order valence-electron chi connectivity index (χ4n) is 3.33. The Kier molecular flexibility index (Phi) is 7.63. The van der Waals surface area contributed by atoms with Crippen LogP contribution in [0.2, 0.25) is 0 Å². The number of rotatable bonds is 8. The van der Waals surface area contributed by atoms with Crippen LogP contribution >= 0.6 is 0 Å². The van der Waals surface area contributed by atoms with Gasteiger partial charge in [0, 0.05) is 44.8 Å². The number of amides is 2. The molecule has 0 bridgehead atoms. The Hall–Kier alpha value is -2.23. The van der Waals surface area contributed by atoms with Gasteiger partial charge in [0.05, 0.1) is 11.4 Å². The van der Waals surface area contributed by atoms with Gasteiger partial charge >= 0.3 is 0 Å². The number of benzene rings is 1. The molecule has 2 aliphatic rings. The van der Waals surface area contributed by atoms with Crippen LogP contribution in [0.25, 0.3) is 6.08 Å². The number of sulfonamides is 1. The van der Waals surface area contributed by atoms with Gasteiger partial charge in [0.1, 0.15) is 0 Å². The fourth-order valence-corrected chi connectivity index (χ4v) is 4.63. The van der Waals surface area contributed by atoms with E-state index < -0.39 is 10.0 Å². The van der Waals surface area contributed by atoms with Crippen LogP contribution in [-0.2, 0) is 19.6 Å². The lowest BCUT2D eigenvalue weighted by Gasteiger charge is -2.20. The van der Waals surface area contributed by atoms with E-state index in [1.807, 2.05) is 6.92 Å². The van der Waals surface area contributed by atoms with Gasteiger partial charge < -0.3 is 10.2 Å². The smallest absolute Gasteiger partial charge is 0.246 e. The highest BCUT2D eigenvalue weighted by Crippen LogP contribution is 2.22. The summed E-state index contributed by atoms with van der Waals surface area (Å²) in [6.07, 6.45) is 5.82. The maximum atomic E-state index is 12.5. The average Bonchev–Trinajstić information content (AvgIpc) is 3.54. The van der Waals surface area contributed by atoms with E-state index in [-0.39, 0.29) is 22.8 Å². The Balaban J connectivity index is 1.52. The first-order chi connectivity index (χ1) is 14.4. The Labute approximate surface area is 178 Å². The lowest BCUT2D eigenvalue weighted by atomic mass is 10.2. The van der Waals surface area contributed by atoms with Gasteiger partial charge in [0.25, 0.3) is 0 Å². The number of nitrogens with zero attached hydrogens (tertiary/aromatic N) is 2. The molecule has 2 fully saturated rings. The van der Waals surface area contributed by atoms with Crippen LogP contribution in [0.1, 0.15) is 31.7 Å². The fraction of sp³-hybridized carbons (Fsp3) is 0.524. The van der Waals surface area contributed by atoms with Gasteiger partial charge in [0.15, 0.2) is 0 Å². The van der Waals surface area contributed by atoms with Gasteiger partial charge in [0.2, 0.25) is 21.8 Å². The molecule has 0 unspecified atom stereocenters.